The molecule has 0 saturated heterocycles. The van der Waals surface area contributed by atoms with Gasteiger partial charge in [-0.3, -0.25) is 4.79 Å². The normalized spacial score (nSPS) is 10.2. The van der Waals surface area contributed by atoms with E-state index in [1.807, 2.05) is 0 Å². The molecule has 0 atom stereocenters. The van der Waals surface area contributed by atoms with Crippen molar-refractivity contribution in [2.75, 3.05) is 12.4 Å². The summed E-state index contributed by atoms with van der Waals surface area (Å²) in [5.41, 5.74) is 0. The van der Waals surface area contributed by atoms with E-state index in [1.54, 1.807) is 6.92 Å². The molecule has 0 aliphatic carbocycles. The Morgan fingerprint density at radius 3 is 2.33 bits per heavy atom. The molecule has 0 fully saturated rings. The number of esters is 1. The SMILES string of the molecule is CCC(=O)OCCS(=O)(=O)[O-].[K+]. The number of hydrogen-bond donors (Lipinski definition) is 0. The molecular formula is C5H9KO5S. The van der Waals surface area contributed by atoms with Crippen molar-refractivity contribution in [3.63, 3.8) is 0 Å². The van der Waals surface area contributed by atoms with Crippen molar-refractivity contribution in [2.24, 2.45) is 0 Å². The fraction of sp³-hybridized carbons (Fsp3) is 0.800. The first kappa shape index (κ1) is 15.5. The maximum Gasteiger partial charge on any atom is 1.00 e. The molecule has 0 radical (unpaired) electrons. The second-order valence-corrected chi connectivity index (χ2v) is 3.36. The zero-order valence-electron chi connectivity index (χ0n) is 7.07. The first-order valence-electron chi connectivity index (χ1n) is 3.05. The average Bonchev–Trinajstić information content (AvgIpc) is 1.85. The first-order valence-corrected chi connectivity index (χ1v) is 4.62. The zero-order valence-corrected chi connectivity index (χ0v) is 11.0. The van der Waals surface area contributed by atoms with Crippen molar-refractivity contribution >= 4 is 16.1 Å². The van der Waals surface area contributed by atoms with Gasteiger partial charge in [-0.05, 0) is 0 Å². The van der Waals surface area contributed by atoms with Crippen molar-refractivity contribution in [2.45, 2.75) is 13.3 Å². The number of ether oxygens (including phenoxy) is 1. The third-order valence-corrected chi connectivity index (χ3v) is 1.55. The Hall–Kier alpha value is 1.02. The van der Waals surface area contributed by atoms with Gasteiger partial charge in [0.15, 0.2) is 0 Å². The second-order valence-electron chi connectivity index (χ2n) is 1.84. The summed E-state index contributed by atoms with van der Waals surface area (Å²) in [4.78, 5) is 10.4. The topological polar surface area (TPSA) is 83.5 Å². The fourth-order valence-electron chi connectivity index (χ4n) is 0.360. The van der Waals surface area contributed by atoms with Gasteiger partial charge in [-0.15, -0.1) is 0 Å². The van der Waals surface area contributed by atoms with Crippen LogP contribution in [0.25, 0.3) is 0 Å². The Balaban J connectivity index is 0. The van der Waals surface area contributed by atoms with Gasteiger partial charge in [0.1, 0.15) is 6.61 Å². The van der Waals surface area contributed by atoms with Crippen LogP contribution in [0.1, 0.15) is 13.3 Å². The van der Waals surface area contributed by atoms with Crippen molar-refractivity contribution in [1.29, 1.82) is 0 Å². The van der Waals surface area contributed by atoms with Gasteiger partial charge in [0, 0.05) is 6.42 Å². The van der Waals surface area contributed by atoms with Crippen LogP contribution in [0, 0.1) is 0 Å². The van der Waals surface area contributed by atoms with E-state index in [2.05, 4.69) is 4.74 Å². The maximum atomic E-state index is 10.4. The standard InChI is InChI=1S/C5H10O5S.K/c1-2-5(6)10-3-4-11(7,8)9;/h2-4H2,1H3,(H,7,8,9);/q;+1/p-1. The van der Waals surface area contributed by atoms with Crippen molar-refractivity contribution in [3.8, 4) is 0 Å². The summed E-state index contributed by atoms with van der Waals surface area (Å²) in [5, 5.41) is 0. The molecule has 0 spiro atoms. The van der Waals surface area contributed by atoms with Crippen LogP contribution in [0.5, 0.6) is 0 Å². The molecular weight excluding hydrogens is 211 g/mol. The Morgan fingerprint density at radius 2 is 2.00 bits per heavy atom. The predicted molar refractivity (Wildman–Crippen MR) is 35.8 cm³/mol. The van der Waals surface area contributed by atoms with Gasteiger partial charge in [0.25, 0.3) is 0 Å². The first-order chi connectivity index (χ1) is 4.95. The molecule has 66 valence electrons. The molecule has 0 saturated carbocycles. The third kappa shape index (κ3) is 11.0. The minimum atomic E-state index is -4.26. The van der Waals surface area contributed by atoms with Crippen molar-refractivity contribution in [1.82, 2.24) is 0 Å². The predicted octanol–water partition coefficient (Wildman–Crippen LogP) is -3.51. The summed E-state index contributed by atoms with van der Waals surface area (Å²) < 4.78 is 34.2. The molecule has 0 N–H and O–H groups in total. The number of carbonyl (C=O) groups is 1. The van der Waals surface area contributed by atoms with Crippen LogP contribution in [-0.2, 0) is 19.6 Å². The number of carbonyl (C=O) groups excluding carboxylic acids is 1. The third-order valence-electron chi connectivity index (χ3n) is 0.885. The van der Waals surface area contributed by atoms with E-state index in [4.69, 9.17) is 0 Å². The average molecular weight is 220 g/mol. The van der Waals surface area contributed by atoms with Gasteiger partial charge < -0.3 is 9.29 Å². The van der Waals surface area contributed by atoms with E-state index in [-0.39, 0.29) is 64.4 Å². The van der Waals surface area contributed by atoms with Crippen LogP contribution >= 0.6 is 0 Å². The van der Waals surface area contributed by atoms with E-state index in [9.17, 15) is 17.8 Å². The largest absolute Gasteiger partial charge is 1.00 e. The van der Waals surface area contributed by atoms with E-state index in [0.29, 0.717) is 0 Å². The quantitative estimate of drug-likeness (QED) is 0.279. The Kier molecular flexibility index (Phi) is 9.58. The van der Waals surface area contributed by atoms with Crippen LogP contribution in [0.4, 0.5) is 0 Å². The van der Waals surface area contributed by atoms with Gasteiger partial charge in [-0.25, -0.2) is 8.42 Å². The fourth-order valence-corrected chi connectivity index (χ4v) is 0.647. The summed E-state index contributed by atoms with van der Waals surface area (Å²) in [6.45, 7) is 1.23. The van der Waals surface area contributed by atoms with Crippen molar-refractivity contribution in [3.05, 3.63) is 0 Å². The van der Waals surface area contributed by atoms with Gasteiger partial charge in [0.2, 0.25) is 0 Å². The number of rotatable bonds is 4. The van der Waals surface area contributed by atoms with Gasteiger partial charge >= 0.3 is 57.4 Å². The van der Waals surface area contributed by atoms with E-state index in [1.165, 1.54) is 0 Å². The Labute approximate surface area is 114 Å². The Bertz CT molecular complexity index is 222. The second kappa shape index (κ2) is 7.42. The molecule has 0 rings (SSSR count). The smallest absolute Gasteiger partial charge is 0.748 e. The molecule has 0 amide bonds. The molecule has 7 heteroatoms. The van der Waals surface area contributed by atoms with Crippen LogP contribution in [0.2, 0.25) is 0 Å². The minimum absolute atomic E-state index is 0. The molecule has 0 aliphatic rings. The number of hydrogen-bond acceptors (Lipinski definition) is 5. The molecule has 5 nitrogen and oxygen atoms in total. The van der Waals surface area contributed by atoms with Crippen LogP contribution in [0.3, 0.4) is 0 Å². The van der Waals surface area contributed by atoms with Crippen LogP contribution in [0.15, 0.2) is 0 Å². The summed E-state index contributed by atoms with van der Waals surface area (Å²) >= 11 is 0. The molecule has 0 unspecified atom stereocenters. The van der Waals surface area contributed by atoms with E-state index in [0.717, 1.165) is 0 Å². The molecule has 0 aromatic carbocycles. The molecule has 0 heterocycles. The van der Waals surface area contributed by atoms with Crippen molar-refractivity contribution < 1.29 is 73.9 Å². The minimum Gasteiger partial charge on any atom is -0.748 e. The van der Waals surface area contributed by atoms with E-state index < -0.39 is 21.8 Å². The Morgan fingerprint density at radius 1 is 1.50 bits per heavy atom. The molecule has 0 aromatic heterocycles. The van der Waals surface area contributed by atoms with E-state index >= 15 is 0 Å². The molecule has 12 heavy (non-hydrogen) atoms. The van der Waals surface area contributed by atoms with Crippen LogP contribution in [-0.4, -0.2) is 31.3 Å². The zero-order chi connectivity index (χ0) is 8.91. The monoisotopic (exact) mass is 220 g/mol. The summed E-state index contributed by atoms with van der Waals surface area (Å²) in [5.74, 6) is -1.16. The van der Waals surface area contributed by atoms with Crippen LogP contribution < -0.4 is 51.4 Å². The maximum absolute atomic E-state index is 10.4. The molecule has 0 aliphatic heterocycles. The molecule has 0 bridgehead atoms. The summed E-state index contributed by atoms with van der Waals surface area (Å²) in [7, 11) is -4.26. The van der Waals surface area contributed by atoms with Gasteiger partial charge in [-0.2, -0.15) is 0 Å². The van der Waals surface area contributed by atoms with Gasteiger partial charge in [0.05, 0.1) is 15.9 Å². The van der Waals surface area contributed by atoms with Gasteiger partial charge in [-0.1, -0.05) is 6.92 Å². The summed E-state index contributed by atoms with van der Waals surface area (Å²) in [6.07, 6.45) is 0.179. The molecule has 0 aromatic rings. The summed E-state index contributed by atoms with van der Waals surface area (Å²) in [6, 6.07) is 0.